The van der Waals surface area contributed by atoms with E-state index in [1.807, 2.05) is 25.3 Å². The molecule has 2 aromatic heterocycles. The molecule has 1 N–H and O–H groups in total. The number of benzene rings is 1. The number of hydrogen-bond donors (Lipinski definition) is 1. The minimum atomic E-state index is 0.726. The molecule has 0 radical (unpaired) electrons. The predicted octanol–water partition coefficient (Wildman–Crippen LogP) is 3.60. The molecular formula is C21H23N6OP. The zero-order chi connectivity index (χ0) is 20.0. The summed E-state index contributed by atoms with van der Waals surface area (Å²) in [6, 6.07) is 10.4. The van der Waals surface area contributed by atoms with Gasteiger partial charge in [0.15, 0.2) is 5.82 Å². The Labute approximate surface area is 172 Å². The Morgan fingerprint density at radius 1 is 1.10 bits per heavy atom. The maximum absolute atomic E-state index is 5.49. The van der Waals surface area contributed by atoms with Crippen molar-refractivity contribution >= 4 is 38.1 Å². The summed E-state index contributed by atoms with van der Waals surface area (Å²) >= 11 is 0. The van der Waals surface area contributed by atoms with Crippen LogP contribution in [0.5, 0.6) is 0 Å². The zero-order valence-electron chi connectivity index (χ0n) is 16.5. The summed E-state index contributed by atoms with van der Waals surface area (Å²) in [6.07, 6.45) is 1.93. The Kier molecular flexibility index (Phi) is 4.57. The van der Waals surface area contributed by atoms with Crippen molar-refractivity contribution in [2.75, 3.05) is 36.5 Å². The highest BCUT2D eigenvalue weighted by atomic mass is 31.0. The van der Waals surface area contributed by atoms with E-state index in [1.54, 1.807) is 4.45 Å². The van der Waals surface area contributed by atoms with Crippen LogP contribution in [-0.2, 0) is 4.74 Å². The molecule has 0 saturated carbocycles. The quantitative estimate of drug-likeness (QED) is 0.515. The molecule has 0 spiro atoms. The average molecular weight is 406 g/mol. The van der Waals surface area contributed by atoms with Crippen LogP contribution in [0.2, 0.25) is 0 Å². The van der Waals surface area contributed by atoms with Gasteiger partial charge in [0.1, 0.15) is 11.5 Å². The van der Waals surface area contributed by atoms with Crippen LogP contribution < -0.4 is 10.2 Å². The van der Waals surface area contributed by atoms with E-state index in [2.05, 4.69) is 49.8 Å². The van der Waals surface area contributed by atoms with E-state index in [9.17, 15) is 0 Å². The lowest BCUT2D eigenvalue weighted by Crippen LogP contribution is -2.36. The van der Waals surface area contributed by atoms with Gasteiger partial charge < -0.3 is 15.0 Å². The molecule has 148 valence electrons. The Morgan fingerprint density at radius 3 is 2.69 bits per heavy atom. The van der Waals surface area contributed by atoms with Gasteiger partial charge >= 0.3 is 0 Å². The van der Waals surface area contributed by atoms with Crippen LogP contribution in [0.3, 0.4) is 0 Å². The molecule has 2 aliphatic heterocycles. The number of aryl methyl sites for hydroxylation is 2. The Morgan fingerprint density at radius 2 is 1.90 bits per heavy atom. The molecule has 1 atom stereocenters. The van der Waals surface area contributed by atoms with Crippen molar-refractivity contribution in [3.8, 4) is 0 Å². The maximum atomic E-state index is 5.49. The van der Waals surface area contributed by atoms with Gasteiger partial charge in [0.25, 0.3) is 0 Å². The summed E-state index contributed by atoms with van der Waals surface area (Å²) < 4.78 is 7.26. The van der Waals surface area contributed by atoms with Crippen molar-refractivity contribution in [3.63, 3.8) is 0 Å². The Balaban J connectivity index is 1.70. The number of fused-ring (bicyclic) bond motifs is 2. The van der Waals surface area contributed by atoms with Crippen molar-refractivity contribution < 1.29 is 4.74 Å². The minimum absolute atomic E-state index is 0.726. The molecule has 0 bridgehead atoms. The van der Waals surface area contributed by atoms with Crippen LogP contribution in [0.25, 0.3) is 0 Å². The van der Waals surface area contributed by atoms with Crippen molar-refractivity contribution in [1.29, 1.82) is 0 Å². The summed E-state index contributed by atoms with van der Waals surface area (Å²) in [5.74, 6) is 1.80. The fourth-order valence-corrected chi connectivity index (χ4v) is 4.19. The molecular weight excluding hydrogens is 383 g/mol. The number of pyridine rings is 1. The van der Waals surface area contributed by atoms with Gasteiger partial charge in [0, 0.05) is 36.5 Å². The van der Waals surface area contributed by atoms with Gasteiger partial charge in [0.2, 0.25) is 0 Å². The first-order valence-electron chi connectivity index (χ1n) is 9.71. The summed E-state index contributed by atoms with van der Waals surface area (Å²) in [5, 5.41) is 8.10. The van der Waals surface area contributed by atoms with Crippen LogP contribution in [0.4, 0.5) is 23.0 Å². The highest BCUT2D eigenvalue weighted by molar-refractivity contribution is 7.14. The van der Waals surface area contributed by atoms with Crippen molar-refractivity contribution in [2.24, 2.45) is 4.99 Å². The largest absolute Gasteiger partial charge is 0.378 e. The fraction of sp³-hybridized carbons (Fsp3) is 0.286. The molecule has 2 aliphatic rings. The first-order valence-corrected chi connectivity index (χ1v) is 10.2. The van der Waals surface area contributed by atoms with E-state index in [1.165, 1.54) is 5.56 Å². The molecule has 29 heavy (non-hydrogen) atoms. The molecule has 0 amide bonds. The molecule has 3 aromatic rings. The standard InChI is InChI=1S/C21H23N6OP/c1-13-5-3-4-6-15(13)20-16-12-22-18(26-7-9-28-10-8-26)11-17(16)23-21-19(24-20)14(2)25-27(21)29/h3-6,11-12,23H,7-10,29H2,1-2H3. The van der Waals surface area contributed by atoms with Gasteiger partial charge in [0.05, 0.1) is 30.3 Å². The van der Waals surface area contributed by atoms with E-state index in [0.29, 0.717) is 0 Å². The summed E-state index contributed by atoms with van der Waals surface area (Å²) in [7, 11) is 2.64. The number of aliphatic imine (C=N–C) groups is 1. The average Bonchev–Trinajstić information content (AvgIpc) is 2.90. The van der Waals surface area contributed by atoms with E-state index < -0.39 is 0 Å². The third-order valence-corrected chi connectivity index (χ3v) is 5.78. The lowest BCUT2D eigenvalue weighted by atomic mass is 9.98. The van der Waals surface area contributed by atoms with Gasteiger partial charge in [-0.1, -0.05) is 24.3 Å². The van der Waals surface area contributed by atoms with Crippen LogP contribution >= 0.6 is 9.39 Å². The molecule has 1 unspecified atom stereocenters. The van der Waals surface area contributed by atoms with Crippen LogP contribution in [-0.4, -0.2) is 46.5 Å². The zero-order valence-corrected chi connectivity index (χ0v) is 17.7. The topological polar surface area (TPSA) is 67.6 Å². The third-order valence-electron chi connectivity index (χ3n) is 5.41. The van der Waals surface area contributed by atoms with E-state index in [-0.39, 0.29) is 0 Å². The van der Waals surface area contributed by atoms with Crippen molar-refractivity contribution in [3.05, 3.63) is 58.9 Å². The Bertz CT molecular complexity index is 1120. The van der Waals surface area contributed by atoms with Crippen LogP contribution in [0, 0.1) is 13.8 Å². The van der Waals surface area contributed by atoms with Gasteiger partial charge in [-0.05, 0) is 28.8 Å². The van der Waals surface area contributed by atoms with Crippen LogP contribution in [0.15, 0.2) is 41.5 Å². The maximum Gasteiger partial charge on any atom is 0.158 e. The van der Waals surface area contributed by atoms with Crippen molar-refractivity contribution in [2.45, 2.75) is 13.8 Å². The number of hydrogen-bond acceptors (Lipinski definition) is 6. The predicted molar refractivity (Wildman–Crippen MR) is 119 cm³/mol. The number of nitrogens with one attached hydrogen (secondary N) is 1. The Hall–Kier alpha value is -2.76. The molecule has 1 fully saturated rings. The molecule has 1 aromatic carbocycles. The van der Waals surface area contributed by atoms with E-state index in [0.717, 1.165) is 71.8 Å². The molecule has 1 saturated heterocycles. The molecule has 7 nitrogen and oxygen atoms in total. The fourth-order valence-electron chi connectivity index (χ4n) is 3.83. The second-order valence-electron chi connectivity index (χ2n) is 7.32. The van der Waals surface area contributed by atoms with E-state index >= 15 is 0 Å². The minimum Gasteiger partial charge on any atom is -0.378 e. The monoisotopic (exact) mass is 406 g/mol. The third kappa shape index (κ3) is 3.20. The second kappa shape index (κ2) is 7.25. The van der Waals surface area contributed by atoms with Gasteiger partial charge in [-0.15, -0.1) is 0 Å². The number of aromatic nitrogens is 3. The number of rotatable bonds is 2. The highest BCUT2D eigenvalue weighted by Crippen LogP contribution is 2.39. The number of ether oxygens (including phenoxy) is 1. The van der Waals surface area contributed by atoms with Crippen molar-refractivity contribution in [1.82, 2.24) is 14.5 Å². The van der Waals surface area contributed by atoms with Crippen LogP contribution in [0.1, 0.15) is 22.4 Å². The lowest BCUT2D eigenvalue weighted by molar-refractivity contribution is 0.122. The summed E-state index contributed by atoms with van der Waals surface area (Å²) in [6.45, 7) is 7.23. The van der Waals surface area contributed by atoms with E-state index in [4.69, 9.17) is 14.7 Å². The first kappa shape index (κ1) is 18.3. The molecule has 8 heteroatoms. The number of anilines is 3. The van der Waals surface area contributed by atoms with Gasteiger partial charge in [-0.25, -0.2) is 14.4 Å². The van der Waals surface area contributed by atoms with Gasteiger partial charge in [-0.3, -0.25) is 0 Å². The molecule has 4 heterocycles. The number of morpholine rings is 1. The molecule has 5 rings (SSSR count). The number of nitrogens with zero attached hydrogens (tertiary/aromatic N) is 5. The summed E-state index contributed by atoms with van der Waals surface area (Å²) in [4.78, 5) is 12.1. The second-order valence-corrected chi connectivity index (χ2v) is 7.80. The lowest BCUT2D eigenvalue weighted by Gasteiger charge is -2.28. The first-order chi connectivity index (χ1) is 14.1. The highest BCUT2D eigenvalue weighted by Gasteiger charge is 2.25. The SMILES string of the molecule is Cc1ccccc1C1=Nc2c(C)nn(P)c2Nc2cc(N3CCOCC3)ncc21. The van der Waals surface area contributed by atoms with Gasteiger partial charge in [-0.2, -0.15) is 5.10 Å². The molecule has 0 aliphatic carbocycles. The normalized spacial score (nSPS) is 15.8. The smallest absolute Gasteiger partial charge is 0.158 e. The summed E-state index contributed by atoms with van der Waals surface area (Å²) in [5.41, 5.74) is 6.87.